The minimum absolute atomic E-state index is 0.00576. The van der Waals surface area contributed by atoms with Gasteiger partial charge < -0.3 is 9.47 Å². The van der Waals surface area contributed by atoms with Gasteiger partial charge in [0.05, 0.1) is 24.8 Å². The molecule has 0 aliphatic carbocycles. The highest BCUT2D eigenvalue weighted by molar-refractivity contribution is 7.92. The molecule has 186 valence electrons. The molecule has 0 saturated heterocycles. The maximum absolute atomic E-state index is 13.5. The zero-order valence-electron chi connectivity index (χ0n) is 19.2. The predicted molar refractivity (Wildman–Crippen MR) is 140 cm³/mol. The molecule has 4 rings (SSSR count). The summed E-state index contributed by atoms with van der Waals surface area (Å²) in [6, 6.07) is 19.4. The fourth-order valence-corrected chi connectivity index (χ4v) is 5.60. The summed E-state index contributed by atoms with van der Waals surface area (Å²) >= 11 is 7.27. The van der Waals surface area contributed by atoms with E-state index in [4.69, 9.17) is 21.1 Å². The molecule has 1 aromatic heterocycles. The Morgan fingerprint density at radius 1 is 0.972 bits per heavy atom. The standard InChI is InChI=1S/C24H21ClN4O5S2/c1-33-19-8-6-16(7-9-19)23-27-28-24(35-23)26-22(30)15-29(18-5-3-4-17(25)14-18)36(31,32)21-12-10-20(34-2)11-13-21/h3-14H,15H2,1-2H3,(H,26,28,30). The van der Waals surface area contributed by atoms with Gasteiger partial charge in [0.25, 0.3) is 10.0 Å². The molecule has 1 heterocycles. The monoisotopic (exact) mass is 544 g/mol. The topological polar surface area (TPSA) is 111 Å². The number of nitrogens with zero attached hydrogens (tertiary/aromatic N) is 3. The van der Waals surface area contributed by atoms with Crippen LogP contribution in [0.15, 0.2) is 77.7 Å². The van der Waals surface area contributed by atoms with Crippen LogP contribution in [0.25, 0.3) is 10.6 Å². The van der Waals surface area contributed by atoms with Gasteiger partial charge in [-0.3, -0.25) is 14.4 Å². The number of hydrogen-bond acceptors (Lipinski definition) is 8. The third-order valence-corrected chi connectivity index (χ3v) is 7.95. The van der Waals surface area contributed by atoms with E-state index in [1.807, 2.05) is 12.1 Å². The van der Waals surface area contributed by atoms with Crippen LogP contribution >= 0.6 is 22.9 Å². The van der Waals surface area contributed by atoms with Gasteiger partial charge >= 0.3 is 0 Å². The number of amides is 1. The van der Waals surface area contributed by atoms with Gasteiger partial charge in [-0.25, -0.2) is 8.42 Å². The second-order valence-corrected chi connectivity index (χ2v) is 10.6. The molecule has 9 nitrogen and oxygen atoms in total. The fraction of sp³-hybridized carbons (Fsp3) is 0.125. The number of carbonyl (C=O) groups excluding carboxylic acids is 1. The van der Waals surface area contributed by atoms with Crippen LogP contribution in [-0.4, -0.2) is 45.3 Å². The van der Waals surface area contributed by atoms with E-state index < -0.39 is 22.5 Å². The predicted octanol–water partition coefficient (Wildman–Crippen LogP) is 4.71. The average molecular weight is 545 g/mol. The molecule has 0 atom stereocenters. The van der Waals surface area contributed by atoms with Gasteiger partial charge in [-0.1, -0.05) is 29.0 Å². The quantitative estimate of drug-likeness (QED) is 0.325. The summed E-state index contributed by atoms with van der Waals surface area (Å²) in [5.74, 6) is 0.616. The highest BCUT2D eigenvalue weighted by Gasteiger charge is 2.28. The Bertz CT molecular complexity index is 1460. The third-order valence-electron chi connectivity index (χ3n) is 5.04. The van der Waals surface area contributed by atoms with Crippen molar-refractivity contribution in [1.29, 1.82) is 0 Å². The summed E-state index contributed by atoms with van der Waals surface area (Å²) < 4.78 is 38.3. The van der Waals surface area contributed by atoms with Crippen LogP contribution in [0.2, 0.25) is 5.02 Å². The molecule has 0 aliphatic heterocycles. The molecule has 0 radical (unpaired) electrons. The van der Waals surface area contributed by atoms with Crippen molar-refractivity contribution in [3.8, 4) is 22.1 Å². The molecular weight excluding hydrogens is 524 g/mol. The minimum atomic E-state index is -4.11. The van der Waals surface area contributed by atoms with E-state index in [0.29, 0.717) is 21.5 Å². The van der Waals surface area contributed by atoms with Crippen molar-refractivity contribution in [2.24, 2.45) is 0 Å². The number of aromatic nitrogens is 2. The van der Waals surface area contributed by atoms with Gasteiger partial charge in [0.1, 0.15) is 23.1 Å². The number of sulfonamides is 1. The number of benzene rings is 3. The lowest BCUT2D eigenvalue weighted by molar-refractivity contribution is -0.114. The maximum atomic E-state index is 13.5. The smallest absolute Gasteiger partial charge is 0.264 e. The first kappa shape index (κ1) is 25.4. The number of halogens is 1. The molecule has 36 heavy (non-hydrogen) atoms. The molecule has 4 aromatic rings. The van der Waals surface area contributed by atoms with E-state index in [0.717, 1.165) is 21.2 Å². The fourth-order valence-electron chi connectivity index (χ4n) is 3.23. The molecule has 0 bridgehead atoms. The number of rotatable bonds is 9. The van der Waals surface area contributed by atoms with Crippen LogP contribution in [-0.2, 0) is 14.8 Å². The Morgan fingerprint density at radius 3 is 2.22 bits per heavy atom. The van der Waals surface area contributed by atoms with Crippen LogP contribution in [0, 0.1) is 0 Å². The molecule has 0 spiro atoms. The Hall–Kier alpha value is -3.67. The minimum Gasteiger partial charge on any atom is -0.497 e. The van der Waals surface area contributed by atoms with Crippen molar-refractivity contribution >= 4 is 49.7 Å². The Kier molecular flexibility index (Phi) is 7.73. The van der Waals surface area contributed by atoms with Gasteiger partial charge in [-0.05, 0) is 66.7 Å². The lowest BCUT2D eigenvalue weighted by atomic mass is 10.2. The molecule has 0 unspecified atom stereocenters. The van der Waals surface area contributed by atoms with Gasteiger partial charge in [0.2, 0.25) is 11.0 Å². The number of ether oxygens (including phenoxy) is 2. The number of anilines is 2. The van der Waals surface area contributed by atoms with Gasteiger partial charge in [0, 0.05) is 10.6 Å². The molecule has 12 heteroatoms. The highest BCUT2D eigenvalue weighted by Crippen LogP contribution is 2.29. The second-order valence-electron chi connectivity index (χ2n) is 7.36. The zero-order valence-corrected chi connectivity index (χ0v) is 21.6. The molecule has 3 aromatic carbocycles. The van der Waals surface area contributed by atoms with Crippen molar-refractivity contribution in [2.45, 2.75) is 4.90 Å². The summed E-state index contributed by atoms with van der Waals surface area (Å²) in [4.78, 5) is 12.9. The van der Waals surface area contributed by atoms with Crippen LogP contribution in [0.3, 0.4) is 0 Å². The highest BCUT2D eigenvalue weighted by atomic mass is 35.5. The summed E-state index contributed by atoms with van der Waals surface area (Å²) in [7, 11) is -1.05. The van der Waals surface area contributed by atoms with Crippen LogP contribution < -0.4 is 19.1 Å². The van der Waals surface area contributed by atoms with Crippen molar-refractivity contribution in [2.75, 3.05) is 30.4 Å². The molecule has 1 N–H and O–H groups in total. The zero-order chi connectivity index (χ0) is 25.7. The van der Waals surface area contributed by atoms with Gasteiger partial charge in [0.15, 0.2) is 0 Å². The summed E-state index contributed by atoms with van der Waals surface area (Å²) in [6.45, 7) is -0.508. The SMILES string of the molecule is COc1ccc(-c2nnc(NC(=O)CN(c3cccc(Cl)c3)S(=O)(=O)c3ccc(OC)cc3)s2)cc1. The molecule has 1 amide bonds. The lowest BCUT2D eigenvalue weighted by Gasteiger charge is -2.24. The maximum Gasteiger partial charge on any atom is 0.264 e. The van der Waals surface area contributed by atoms with Gasteiger partial charge in [-0.15, -0.1) is 10.2 Å². The Labute approximate surface area is 217 Å². The average Bonchev–Trinajstić information content (AvgIpc) is 3.35. The number of carbonyl (C=O) groups is 1. The van der Waals surface area contributed by atoms with Crippen molar-refractivity contribution < 1.29 is 22.7 Å². The first-order chi connectivity index (χ1) is 17.3. The molecule has 0 saturated carbocycles. The van der Waals surface area contributed by atoms with E-state index in [-0.39, 0.29) is 15.7 Å². The van der Waals surface area contributed by atoms with Crippen molar-refractivity contribution in [3.05, 3.63) is 77.8 Å². The number of methoxy groups -OCH3 is 2. The van der Waals surface area contributed by atoms with E-state index >= 15 is 0 Å². The van der Waals surface area contributed by atoms with E-state index in [1.165, 1.54) is 37.4 Å². The van der Waals surface area contributed by atoms with E-state index in [1.54, 1.807) is 37.4 Å². The normalized spacial score (nSPS) is 11.1. The Morgan fingerprint density at radius 2 is 1.61 bits per heavy atom. The summed E-state index contributed by atoms with van der Waals surface area (Å²) in [5, 5.41) is 11.9. The molecular formula is C24H21ClN4O5S2. The molecule has 0 aliphatic rings. The largest absolute Gasteiger partial charge is 0.497 e. The first-order valence-corrected chi connectivity index (χ1v) is 13.1. The summed E-state index contributed by atoms with van der Waals surface area (Å²) in [6.07, 6.45) is 0. The summed E-state index contributed by atoms with van der Waals surface area (Å²) in [5.41, 5.74) is 1.04. The number of hydrogen-bond donors (Lipinski definition) is 1. The lowest BCUT2D eigenvalue weighted by Crippen LogP contribution is -2.38. The molecule has 0 fully saturated rings. The van der Waals surface area contributed by atoms with E-state index in [9.17, 15) is 13.2 Å². The van der Waals surface area contributed by atoms with Crippen molar-refractivity contribution in [3.63, 3.8) is 0 Å². The van der Waals surface area contributed by atoms with Crippen molar-refractivity contribution in [1.82, 2.24) is 10.2 Å². The third kappa shape index (κ3) is 5.76. The number of nitrogens with one attached hydrogen (secondary N) is 1. The van der Waals surface area contributed by atoms with Crippen LogP contribution in [0.4, 0.5) is 10.8 Å². The first-order valence-electron chi connectivity index (χ1n) is 10.5. The Balaban J connectivity index is 1.57. The van der Waals surface area contributed by atoms with Crippen LogP contribution in [0.1, 0.15) is 0 Å². The van der Waals surface area contributed by atoms with Crippen LogP contribution in [0.5, 0.6) is 11.5 Å². The van der Waals surface area contributed by atoms with Gasteiger partial charge in [-0.2, -0.15) is 0 Å². The van der Waals surface area contributed by atoms with E-state index in [2.05, 4.69) is 15.5 Å². The second kappa shape index (κ2) is 10.9.